The molecule has 6 nitrogen and oxygen atoms in total. The van der Waals surface area contributed by atoms with Gasteiger partial charge in [0, 0.05) is 57.8 Å². The summed E-state index contributed by atoms with van der Waals surface area (Å²) in [5, 5.41) is 12.2. The third-order valence-electron chi connectivity index (χ3n) is 5.30. The number of aryl methyl sites for hydroxylation is 1. The van der Waals surface area contributed by atoms with Crippen LogP contribution in [0.2, 0.25) is 0 Å². The summed E-state index contributed by atoms with van der Waals surface area (Å²) in [7, 11) is 0. The molecular weight excluding hydrogens is 364 g/mol. The van der Waals surface area contributed by atoms with Crippen molar-refractivity contribution in [3.8, 4) is 6.07 Å². The number of rotatable bonds is 10. The van der Waals surface area contributed by atoms with Gasteiger partial charge in [0.05, 0.1) is 0 Å². The van der Waals surface area contributed by atoms with E-state index in [1.165, 1.54) is 16.8 Å². The standard InChI is InChI=1S/C23H34N4O2/c1-4-5-15-29-16-7-10-25-23(28)21(17-24)18-26-11-13-27(14-12-26)22-9-6-8-19(2)20(22)3/h6,8-9,18H,4-5,7,10-16H2,1-3H3,(H,25,28)/b21-18-. The molecule has 2 rings (SSSR count). The molecule has 0 aliphatic carbocycles. The second kappa shape index (κ2) is 12.1. The maximum atomic E-state index is 12.3. The molecular formula is C23H34N4O2. The Morgan fingerprint density at radius 3 is 2.62 bits per heavy atom. The minimum absolute atomic E-state index is 0.164. The monoisotopic (exact) mass is 398 g/mol. The van der Waals surface area contributed by atoms with Gasteiger partial charge in [-0.25, -0.2) is 0 Å². The topological polar surface area (TPSA) is 68.6 Å². The van der Waals surface area contributed by atoms with E-state index in [0.29, 0.717) is 13.2 Å². The summed E-state index contributed by atoms with van der Waals surface area (Å²) in [6.45, 7) is 11.7. The molecule has 1 aliphatic rings. The summed E-state index contributed by atoms with van der Waals surface area (Å²) in [6.07, 6.45) is 4.63. The molecule has 1 saturated heterocycles. The lowest BCUT2D eigenvalue weighted by atomic mass is 10.1. The molecule has 0 saturated carbocycles. The molecule has 158 valence electrons. The van der Waals surface area contributed by atoms with E-state index in [1.807, 2.05) is 6.07 Å². The van der Waals surface area contributed by atoms with Crippen LogP contribution in [0.4, 0.5) is 5.69 Å². The second-order valence-corrected chi connectivity index (χ2v) is 7.47. The molecule has 0 aromatic heterocycles. The van der Waals surface area contributed by atoms with Gasteiger partial charge in [-0.1, -0.05) is 25.5 Å². The van der Waals surface area contributed by atoms with Crippen molar-refractivity contribution in [2.24, 2.45) is 0 Å². The number of unbranched alkanes of at least 4 members (excludes halogenated alkanes) is 1. The molecule has 0 bridgehead atoms. The third-order valence-corrected chi connectivity index (χ3v) is 5.30. The molecule has 1 aromatic rings. The van der Waals surface area contributed by atoms with Gasteiger partial charge < -0.3 is 19.9 Å². The molecule has 1 heterocycles. The van der Waals surface area contributed by atoms with Crippen molar-refractivity contribution in [2.75, 3.05) is 50.8 Å². The number of nitrogens with one attached hydrogen (secondary N) is 1. The van der Waals surface area contributed by atoms with Crippen LogP contribution in [0.3, 0.4) is 0 Å². The fourth-order valence-electron chi connectivity index (χ4n) is 3.31. The molecule has 0 atom stereocenters. The van der Waals surface area contributed by atoms with E-state index in [9.17, 15) is 10.1 Å². The van der Waals surface area contributed by atoms with Crippen LogP contribution in [0.1, 0.15) is 37.3 Å². The summed E-state index contributed by atoms with van der Waals surface area (Å²) in [5.74, 6) is -0.307. The van der Waals surface area contributed by atoms with Crippen LogP contribution in [-0.4, -0.2) is 56.7 Å². The molecule has 0 spiro atoms. The van der Waals surface area contributed by atoms with Crippen LogP contribution in [0, 0.1) is 25.2 Å². The molecule has 0 unspecified atom stereocenters. The van der Waals surface area contributed by atoms with Crippen molar-refractivity contribution in [1.29, 1.82) is 5.26 Å². The maximum Gasteiger partial charge on any atom is 0.263 e. The van der Waals surface area contributed by atoms with E-state index in [4.69, 9.17) is 4.74 Å². The smallest absolute Gasteiger partial charge is 0.263 e. The van der Waals surface area contributed by atoms with E-state index in [2.05, 4.69) is 54.1 Å². The van der Waals surface area contributed by atoms with Gasteiger partial charge in [-0.3, -0.25) is 4.79 Å². The van der Waals surface area contributed by atoms with Gasteiger partial charge in [0.25, 0.3) is 5.91 Å². The number of piperazine rings is 1. The fourth-order valence-corrected chi connectivity index (χ4v) is 3.31. The Bertz CT molecular complexity index is 731. The molecule has 1 amide bonds. The number of anilines is 1. The Balaban J connectivity index is 1.79. The molecule has 1 fully saturated rings. The Labute approximate surface area is 175 Å². The van der Waals surface area contributed by atoms with Crippen LogP contribution < -0.4 is 10.2 Å². The minimum Gasteiger partial charge on any atom is -0.381 e. The molecule has 1 N–H and O–H groups in total. The van der Waals surface area contributed by atoms with E-state index in [0.717, 1.165) is 52.0 Å². The molecule has 29 heavy (non-hydrogen) atoms. The third kappa shape index (κ3) is 7.10. The van der Waals surface area contributed by atoms with Crippen molar-refractivity contribution in [1.82, 2.24) is 10.2 Å². The number of benzene rings is 1. The summed E-state index contributed by atoms with van der Waals surface area (Å²) >= 11 is 0. The first-order valence-electron chi connectivity index (χ1n) is 10.6. The van der Waals surface area contributed by atoms with Crippen LogP contribution in [-0.2, 0) is 9.53 Å². The largest absolute Gasteiger partial charge is 0.381 e. The fraction of sp³-hybridized carbons (Fsp3) is 0.565. The Morgan fingerprint density at radius 2 is 1.93 bits per heavy atom. The number of nitrogens with zero attached hydrogens (tertiary/aromatic N) is 3. The predicted molar refractivity (Wildman–Crippen MR) is 117 cm³/mol. The Hall–Kier alpha value is -2.52. The zero-order chi connectivity index (χ0) is 21.1. The number of hydrogen-bond donors (Lipinski definition) is 1. The Morgan fingerprint density at radius 1 is 1.21 bits per heavy atom. The van der Waals surface area contributed by atoms with E-state index < -0.39 is 0 Å². The van der Waals surface area contributed by atoms with Crippen LogP contribution >= 0.6 is 0 Å². The molecule has 6 heteroatoms. The first kappa shape index (κ1) is 22.8. The number of ether oxygens (including phenoxy) is 1. The van der Waals surface area contributed by atoms with Gasteiger partial charge in [0.1, 0.15) is 11.6 Å². The molecule has 1 aromatic carbocycles. The van der Waals surface area contributed by atoms with Gasteiger partial charge in [0.2, 0.25) is 0 Å². The quantitative estimate of drug-likeness (QED) is 0.372. The summed E-state index contributed by atoms with van der Waals surface area (Å²) in [4.78, 5) is 16.7. The first-order valence-corrected chi connectivity index (χ1v) is 10.6. The highest BCUT2D eigenvalue weighted by Crippen LogP contribution is 2.24. The lowest BCUT2D eigenvalue weighted by Crippen LogP contribution is -2.44. The number of amides is 1. The van der Waals surface area contributed by atoms with E-state index >= 15 is 0 Å². The van der Waals surface area contributed by atoms with E-state index in [1.54, 1.807) is 6.20 Å². The van der Waals surface area contributed by atoms with Gasteiger partial charge in [-0.15, -0.1) is 0 Å². The predicted octanol–water partition coefficient (Wildman–Crippen LogP) is 3.16. The van der Waals surface area contributed by atoms with Gasteiger partial charge in [-0.05, 0) is 43.9 Å². The minimum atomic E-state index is -0.307. The Kier molecular flexibility index (Phi) is 9.52. The maximum absolute atomic E-state index is 12.3. The average molecular weight is 399 g/mol. The second-order valence-electron chi connectivity index (χ2n) is 7.47. The number of hydrogen-bond acceptors (Lipinski definition) is 5. The van der Waals surface area contributed by atoms with Crippen LogP contribution in [0.5, 0.6) is 0 Å². The van der Waals surface area contributed by atoms with Crippen molar-refractivity contribution in [3.63, 3.8) is 0 Å². The van der Waals surface area contributed by atoms with Crippen molar-refractivity contribution in [2.45, 2.75) is 40.0 Å². The van der Waals surface area contributed by atoms with Gasteiger partial charge in [-0.2, -0.15) is 5.26 Å². The van der Waals surface area contributed by atoms with Crippen molar-refractivity contribution < 1.29 is 9.53 Å². The van der Waals surface area contributed by atoms with Crippen molar-refractivity contribution in [3.05, 3.63) is 41.1 Å². The highest BCUT2D eigenvalue weighted by Gasteiger charge is 2.19. The zero-order valence-electron chi connectivity index (χ0n) is 18.0. The lowest BCUT2D eigenvalue weighted by Gasteiger charge is -2.36. The number of nitriles is 1. The SMILES string of the molecule is CCCCOCCCNC(=O)/C(C#N)=C\N1CCN(c2cccc(C)c2C)CC1. The van der Waals surface area contributed by atoms with Crippen molar-refractivity contribution >= 4 is 11.6 Å². The van der Waals surface area contributed by atoms with Gasteiger partial charge >= 0.3 is 0 Å². The average Bonchev–Trinajstić information content (AvgIpc) is 2.73. The molecule has 1 aliphatic heterocycles. The molecule has 0 radical (unpaired) electrons. The summed E-state index contributed by atoms with van der Waals surface area (Å²) < 4.78 is 5.48. The highest BCUT2D eigenvalue weighted by atomic mass is 16.5. The van der Waals surface area contributed by atoms with Gasteiger partial charge in [0.15, 0.2) is 0 Å². The van der Waals surface area contributed by atoms with E-state index in [-0.39, 0.29) is 11.5 Å². The lowest BCUT2D eigenvalue weighted by molar-refractivity contribution is -0.117. The first-order chi connectivity index (χ1) is 14.1. The normalized spacial score (nSPS) is 14.6. The summed E-state index contributed by atoms with van der Waals surface area (Å²) in [5.41, 5.74) is 4.04. The zero-order valence-corrected chi connectivity index (χ0v) is 18.0. The van der Waals surface area contributed by atoms with Crippen LogP contribution in [0.25, 0.3) is 0 Å². The van der Waals surface area contributed by atoms with Crippen LogP contribution in [0.15, 0.2) is 30.0 Å². The number of carbonyl (C=O) groups is 1. The highest BCUT2D eigenvalue weighted by molar-refractivity contribution is 5.97. The summed E-state index contributed by atoms with van der Waals surface area (Å²) in [6, 6.07) is 8.43. The number of carbonyl (C=O) groups excluding carboxylic acids is 1.